The fraction of sp³-hybridized carbons (Fsp3) is 0.273. The van der Waals surface area contributed by atoms with Crippen LogP contribution in [0.2, 0.25) is 5.02 Å². The Morgan fingerprint density at radius 2 is 1.81 bits per heavy atom. The lowest BCUT2D eigenvalue weighted by Crippen LogP contribution is -2.41. The van der Waals surface area contributed by atoms with E-state index in [9.17, 15) is 32.9 Å². The second-order valence-electron chi connectivity index (χ2n) is 7.60. The van der Waals surface area contributed by atoms with Gasteiger partial charge < -0.3 is 0 Å². The lowest BCUT2D eigenvalue weighted by molar-refractivity contribution is -0.384. The van der Waals surface area contributed by atoms with Crippen LogP contribution in [0.25, 0.3) is 0 Å². The highest BCUT2D eigenvalue weighted by Crippen LogP contribution is 2.47. The number of benzene rings is 2. The van der Waals surface area contributed by atoms with Crippen LogP contribution in [0.3, 0.4) is 0 Å². The van der Waals surface area contributed by atoms with Gasteiger partial charge in [0.1, 0.15) is 5.02 Å². The van der Waals surface area contributed by atoms with Crippen LogP contribution in [0, 0.1) is 10.1 Å². The molecule has 1 heterocycles. The van der Waals surface area contributed by atoms with Crippen LogP contribution in [0.15, 0.2) is 53.7 Å². The molecule has 1 amide bonds. The number of carbonyl (C=O) groups is 2. The predicted molar refractivity (Wildman–Crippen MR) is 110 cm³/mol. The largest absolute Gasteiger partial charge is 0.416 e. The molecule has 1 unspecified atom stereocenters. The lowest BCUT2D eigenvalue weighted by atomic mass is 9.76. The zero-order chi connectivity index (χ0) is 23.2. The van der Waals surface area contributed by atoms with Gasteiger partial charge in [0, 0.05) is 36.1 Å². The van der Waals surface area contributed by atoms with Crippen LogP contribution in [0.4, 0.5) is 24.5 Å². The molecule has 0 fully saturated rings. The Hall–Kier alpha value is -3.20. The number of carbonyl (C=O) groups excluding carboxylic acids is 2. The fourth-order valence-corrected chi connectivity index (χ4v) is 4.58. The van der Waals surface area contributed by atoms with E-state index in [1.807, 2.05) is 0 Å². The van der Waals surface area contributed by atoms with E-state index in [2.05, 4.69) is 0 Å². The number of halogens is 4. The number of nitro benzene ring substituents is 1. The van der Waals surface area contributed by atoms with E-state index in [1.54, 1.807) is 0 Å². The standard InChI is InChI=1S/C22H16ClF3N2O4/c23-16-9-8-12(10-18(16)28(31)32)27-17-6-3-7-19(29)21(17)14(11-20(27)30)13-4-1-2-5-15(13)22(24,25)26/h1-2,4-5,8-10,14H,3,6-7,11H2. The summed E-state index contributed by atoms with van der Waals surface area (Å²) >= 11 is 5.87. The zero-order valence-corrected chi connectivity index (χ0v) is 17.2. The molecule has 0 radical (unpaired) electrons. The maximum atomic E-state index is 13.6. The van der Waals surface area contributed by atoms with Crippen LogP contribution >= 0.6 is 11.6 Å². The molecule has 0 saturated heterocycles. The van der Waals surface area contributed by atoms with Crippen LogP contribution in [-0.4, -0.2) is 16.6 Å². The second-order valence-corrected chi connectivity index (χ2v) is 8.01. The quantitative estimate of drug-likeness (QED) is 0.425. The average Bonchev–Trinajstić information content (AvgIpc) is 2.73. The van der Waals surface area contributed by atoms with Gasteiger partial charge in [0.2, 0.25) is 5.91 Å². The third-order valence-electron chi connectivity index (χ3n) is 5.70. The van der Waals surface area contributed by atoms with Crippen LogP contribution in [-0.2, 0) is 15.8 Å². The smallest absolute Gasteiger partial charge is 0.294 e. The molecule has 10 heteroatoms. The highest BCUT2D eigenvalue weighted by molar-refractivity contribution is 6.32. The molecular formula is C22H16ClF3N2O4. The van der Waals surface area contributed by atoms with Crippen molar-refractivity contribution in [2.24, 2.45) is 0 Å². The summed E-state index contributed by atoms with van der Waals surface area (Å²) in [6.07, 6.45) is -4.15. The summed E-state index contributed by atoms with van der Waals surface area (Å²) in [6, 6.07) is 8.75. The number of alkyl halides is 3. The van der Waals surface area contributed by atoms with Crippen molar-refractivity contribution >= 4 is 34.7 Å². The molecule has 1 aliphatic heterocycles. The van der Waals surface area contributed by atoms with Gasteiger partial charge >= 0.3 is 6.18 Å². The summed E-state index contributed by atoms with van der Waals surface area (Å²) < 4.78 is 40.9. The van der Waals surface area contributed by atoms with Crippen LogP contribution < -0.4 is 4.90 Å². The summed E-state index contributed by atoms with van der Waals surface area (Å²) in [6.45, 7) is 0. The highest BCUT2D eigenvalue weighted by atomic mass is 35.5. The molecule has 2 aliphatic rings. The number of nitrogens with zero attached hydrogens (tertiary/aromatic N) is 2. The minimum atomic E-state index is -4.65. The molecule has 1 aliphatic carbocycles. The van der Waals surface area contributed by atoms with Crippen molar-refractivity contribution in [3.8, 4) is 0 Å². The highest BCUT2D eigenvalue weighted by Gasteiger charge is 2.43. The number of rotatable bonds is 3. The maximum absolute atomic E-state index is 13.6. The number of nitro groups is 1. The molecular weight excluding hydrogens is 449 g/mol. The van der Waals surface area contributed by atoms with Gasteiger partial charge in [-0.3, -0.25) is 24.6 Å². The first-order valence-corrected chi connectivity index (χ1v) is 10.2. The van der Waals surface area contributed by atoms with Gasteiger partial charge in [-0.2, -0.15) is 13.2 Å². The molecule has 0 bridgehead atoms. The minimum Gasteiger partial charge on any atom is -0.294 e. The topological polar surface area (TPSA) is 80.5 Å². The SMILES string of the molecule is O=C1CCCC2=C1C(c1ccccc1C(F)(F)F)CC(=O)N2c1ccc(Cl)c([N+](=O)[O-])c1. The van der Waals surface area contributed by atoms with Crippen molar-refractivity contribution in [3.05, 3.63) is 80.0 Å². The Morgan fingerprint density at radius 1 is 1.09 bits per heavy atom. The fourth-order valence-electron chi connectivity index (χ4n) is 4.40. The number of Topliss-reactive ketones (excluding diaryl/α,β-unsaturated/α-hetero) is 1. The number of anilines is 1. The van der Waals surface area contributed by atoms with E-state index < -0.39 is 34.2 Å². The first kappa shape index (κ1) is 22.0. The van der Waals surface area contributed by atoms with Gasteiger partial charge in [0.15, 0.2) is 5.78 Å². The maximum Gasteiger partial charge on any atom is 0.416 e. The minimum absolute atomic E-state index is 0.117. The van der Waals surface area contributed by atoms with E-state index in [1.165, 1.54) is 35.2 Å². The molecule has 2 aromatic rings. The number of hydrogen-bond acceptors (Lipinski definition) is 4. The zero-order valence-electron chi connectivity index (χ0n) is 16.5. The molecule has 0 spiro atoms. The molecule has 1 atom stereocenters. The van der Waals surface area contributed by atoms with Crippen molar-refractivity contribution < 1.29 is 27.7 Å². The second kappa shape index (κ2) is 8.05. The molecule has 32 heavy (non-hydrogen) atoms. The molecule has 6 nitrogen and oxygen atoms in total. The number of ketones is 1. The number of amides is 1. The normalized spacial score (nSPS) is 19.2. The van der Waals surface area contributed by atoms with Gasteiger partial charge in [-0.05, 0) is 36.6 Å². The van der Waals surface area contributed by atoms with E-state index >= 15 is 0 Å². The average molecular weight is 465 g/mol. The number of hydrogen-bond donors (Lipinski definition) is 0. The van der Waals surface area contributed by atoms with E-state index in [0.29, 0.717) is 6.42 Å². The van der Waals surface area contributed by atoms with Gasteiger partial charge in [-0.1, -0.05) is 29.8 Å². The molecule has 2 aromatic carbocycles. The molecule has 166 valence electrons. The monoisotopic (exact) mass is 464 g/mol. The summed E-state index contributed by atoms with van der Waals surface area (Å²) in [5, 5.41) is 11.2. The third kappa shape index (κ3) is 3.77. The van der Waals surface area contributed by atoms with Crippen LogP contribution in [0.5, 0.6) is 0 Å². The Kier molecular flexibility index (Phi) is 5.54. The van der Waals surface area contributed by atoms with Crippen molar-refractivity contribution in [1.29, 1.82) is 0 Å². The van der Waals surface area contributed by atoms with Gasteiger partial charge in [0.05, 0.1) is 16.2 Å². The molecule has 0 aromatic heterocycles. The van der Waals surface area contributed by atoms with Crippen molar-refractivity contribution in [2.45, 2.75) is 37.8 Å². The lowest BCUT2D eigenvalue weighted by Gasteiger charge is -2.38. The van der Waals surface area contributed by atoms with Crippen molar-refractivity contribution in [1.82, 2.24) is 0 Å². The van der Waals surface area contributed by atoms with E-state index in [4.69, 9.17) is 11.6 Å². The summed E-state index contributed by atoms with van der Waals surface area (Å²) in [7, 11) is 0. The number of allylic oxidation sites excluding steroid dienone is 2. The van der Waals surface area contributed by atoms with Gasteiger partial charge in [0.25, 0.3) is 5.69 Å². The predicted octanol–water partition coefficient (Wildman–Crippen LogP) is 5.79. The van der Waals surface area contributed by atoms with Gasteiger partial charge in [-0.25, -0.2) is 0 Å². The van der Waals surface area contributed by atoms with Gasteiger partial charge in [-0.15, -0.1) is 0 Å². The summed E-state index contributed by atoms with van der Waals surface area (Å²) in [5.41, 5.74) is -0.834. The van der Waals surface area contributed by atoms with E-state index in [-0.39, 0.29) is 52.6 Å². The summed E-state index contributed by atoms with van der Waals surface area (Å²) in [4.78, 5) is 37.8. The first-order chi connectivity index (χ1) is 15.1. The van der Waals surface area contributed by atoms with E-state index in [0.717, 1.165) is 12.1 Å². The summed E-state index contributed by atoms with van der Waals surface area (Å²) in [5.74, 6) is -1.91. The third-order valence-corrected chi connectivity index (χ3v) is 6.02. The Bertz CT molecular complexity index is 1180. The first-order valence-electron chi connectivity index (χ1n) is 9.79. The van der Waals surface area contributed by atoms with Crippen LogP contribution in [0.1, 0.15) is 42.7 Å². The Morgan fingerprint density at radius 3 is 2.50 bits per heavy atom. The Labute approximate surface area is 185 Å². The van der Waals surface area contributed by atoms with Crippen molar-refractivity contribution in [2.75, 3.05) is 4.90 Å². The Balaban J connectivity index is 1.90. The molecule has 0 N–H and O–H groups in total. The van der Waals surface area contributed by atoms with Crippen molar-refractivity contribution in [3.63, 3.8) is 0 Å². The molecule has 0 saturated carbocycles. The molecule has 4 rings (SSSR count).